The van der Waals surface area contributed by atoms with Crippen molar-refractivity contribution in [2.24, 2.45) is 5.10 Å². The van der Waals surface area contributed by atoms with Crippen LogP contribution < -0.4 is 0 Å². The van der Waals surface area contributed by atoms with Crippen molar-refractivity contribution in [1.82, 2.24) is 5.01 Å². The Kier molecular flexibility index (Phi) is 4.12. The number of allylic oxidation sites excluding steroid dienone is 2. The van der Waals surface area contributed by atoms with Crippen LogP contribution in [0.15, 0.2) is 40.6 Å². The number of likely N-dealkylation sites (N-methyl/N-ethyl adjacent to an activating group) is 1. The Morgan fingerprint density at radius 3 is 2.09 bits per heavy atom. The Labute approximate surface area is 127 Å². The number of fused-ring (bicyclic) bond motifs is 1. The number of hydrazone groups is 1. The molecule has 0 saturated heterocycles. The van der Waals surface area contributed by atoms with E-state index in [0.717, 1.165) is 11.2 Å². The fraction of sp³-hybridized carbons (Fsp3) is 0.188. The molecule has 0 bridgehead atoms. The first kappa shape index (κ1) is 15.5. The molecule has 2 rings (SSSR count). The number of nitrogens with zero attached hydrogens (tertiary/aromatic N) is 2. The van der Waals surface area contributed by atoms with Gasteiger partial charge >= 0.3 is 0 Å². The molecule has 0 radical (unpaired) electrons. The second-order valence-corrected chi connectivity index (χ2v) is 4.86. The standard InChI is InChI=1S/C16H14N2O4/c1-9(19)8-17-18(3)14-13(10(2)20)15(21)11-6-4-5-7-12(11)16(14)22/h4-8H,1-3H3. The van der Waals surface area contributed by atoms with Crippen LogP contribution in [-0.2, 0) is 9.59 Å². The van der Waals surface area contributed by atoms with E-state index in [2.05, 4.69) is 5.10 Å². The smallest absolute Gasteiger partial charge is 0.212 e. The number of ketones is 4. The fourth-order valence-electron chi connectivity index (χ4n) is 2.22. The van der Waals surface area contributed by atoms with Gasteiger partial charge in [-0.05, 0) is 6.92 Å². The highest BCUT2D eigenvalue weighted by atomic mass is 16.2. The minimum absolute atomic E-state index is 0.117. The van der Waals surface area contributed by atoms with Crippen molar-refractivity contribution in [2.45, 2.75) is 13.8 Å². The van der Waals surface area contributed by atoms with E-state index >= 15 is 0 Å². The molecule has 112 valence electrons. The summed E-state index contributed by atoms with van der Waals surface area (Å²) >= 11 is 0. The third-order valence-corrected chi connectivity index (χ3v) is 3.18. The fourth-order valence-corrected chi connectivity index (χ4v) is 2.22. The van der Waals surface area contributed by atoms with Crippen molar-refractivity contribution in [1.29, 1.82) is 0 Å². The van der Waals surface area contributed by atoms with Crippen LogP contribution in [0.1, 0.15) is 34.6 Å². The number of hydrogen-bond donors (Lipinski definition) is 0. The number of hydrogen-bond acceptors (Lipinski definition) is 6. The van der Waals surface area contributed by atoms with Crippen molar-refractivity contribution in [3.05, 3.63) is 46.7 Å². The van der Waals surface area contributed by atoms with Crippen LogP contribution in [0.4, 0.5) is 0 Å². The van der Waals surface area contributed by atoms with Crippen molar-refractivity contribution >= 4 is 29.3 Å². The van der Waals surface area contributed by atoms with E-state index < -0.39 is 17.3 Å². The van der Waals surface area contributed by atoms with Gasteiger partial charge in [0.25, 0.3) is 0 Å². The third kappa shape index (κ3) is 2.63. The Morgan fingerprint density at radius 2 is 1.59 bits per heavy atom. The average Bonchev–Trinajstić information content (AvgIpc) is 2.47. The minimum Gasteiger partial charge on any atom is -0.294 e. The summed E-state index contributed by atoms with van der Waals surface area (Å²) in [5.41, 5.74) is 0.0865. The van der Waals surface area contributed by atoms with Gasteiger partial charge in [0.15, 0.2) is 17.3 Å². The van der Waals surface area contributed by atoms with Gasteiger partial charge in [-0.15, -0.1) is 0 Å². The molecule has 0 atom stereocenters. The molecule has 6 nitrogen and oxygen atoms in total. The zero-order valence-electron chi connectivity index (χ0n) is 12.4. The first-order valence-electron chi connectivity index (χ1n) is 6.56. The van der Waals surface area contributed by atoms with Gasteiger partial charge in [0.05, 0.1) is 11.8 Å². The second-order valence-electron chi connectivity index (χ2n) is 4.86. The first-order valence-corrected chi connectivity index (χ1v) is 6.56. The summed E-state index contributed by atoms with van der Waals surface area (Å²) in [7, 11) is 1.41. The summed E-state index contributed by atoms with van der Waals surface area (Å²) in [4.78, 5) is 47.9. The van der Waals surface area contributed by atoms with Gasteiger partial charge in [0.1, 0.15) is 5.70 Å². The van der Waals surface area contributed by atoms with Gasteiger partial charge in [-0.1, -0.05) is 24.3 Å². The van der Waals surface area contributed by atoms with Crippen molar-refractivity contribution in [2.75, 3.05) is 7.05 Å². The summed E-state index contributed by atoms with van der Waals surface area (Å²) < 4.78 is 0. The molecule has 0 N–H and O–H groups in total. The number of benzene rings is 1. The number of rotatable bonds is 4. The molecule has 22 heavy (non-hydrogen) atoms. The predicted octanol–water partition coefficient (Wildman–Crippen LogP) is 1.42. The van der Waals surface area contributed by atoms with E-state index in [1.165, 1.54) is 33.0 Å². The minimum atomic E-state index is -0.521. The van der Waals surface area contributed by atoms with Gasteiger partial charge in [-0.3, -0.25) is 24.2 Å². The van der Waals surface area contributed by atoms with Crippen LogP contribution in [0, 0.1) is 0 Å². The first-order chi connectivity index (χ1) is 10.3. The molecule has 1 aromatic rings. The largest absolute Gasteiger partial charge is 0.294 e. The summed E-state index contributed by atoms with van der Waals surface area (Å²) in [6, 6.07) is 6.30. The van der Waals surface area contributed by atoms with E-state index in [-0.39, 0.29) is 28.2 Å². The Hall–Kier alpha value is -2.89. The SMILES string of the molecule is CC(=O)C=NN(C)C1=C(C(C)=O)C(=O)c2ccccc2C1=O. The zero-order chi connectivity index (χ0) is 16.4. The molecular formula is C16H14N2O4. The normalized spacial score (nSPS) is 14.3. The maximum absolute atomic E-state index is 12.6. The van der Waals surface area contributed by atoms with E-state index in [0.29, 0.717) is 0 Å². The lowest BCUT2D eigenvalue weighted by Crippen LogP contribution is -2.32. The molecule has 0 unspecified atom stereocenters. The molecule has 0 fully saturated rings. The van der Waals surface area contributed by atoms with E-state index in [1.54, 1.807) is 12.1 Å². The summed E-state index contributed by atoms with van der Waals surface area (Å²) in [5, 5.41) is 4.90. The summed E-state index contributed by atoms with van der Waals surface area (Å²) in [5.74, 6) is -1.81. The highest BCUT2D eigenvalue weighted by Crippen LogP contribution is 2.28. The van der Waals surface area contributed by atoms with Gasteiger partial charge in [-0.2, -0.15) is 5.10 Å². The molecule has 0 aliphatic heterocycles. The molecule has 1 aliphatic rings. The lowest BCUT2D eigenvalue weighted by molar-refractivity contribution is -0.113. The third-order valence-electron chi connectivity index (χ3n) is 3.18. The molecule has 6 heteroatoms. The maximum Gasteiger partial charge on any atom is 0.212 e. The molecule has 0 heterocycles. The number of carbonyl (C=O) groups is 4. The molecule has 1 aliphatic carbocycles. The van der Waals surface area contributed by atoms with Crippen LogP contribution in [0.3, 0.4) is 0 Å². The van der Waals surface area contributed by atoms with Crippen LogP contribution in [0.25, 0.3) is 0 Å². The molecule has 0 amide bonds. The maximum atomic E-state index is 12.6. The lowest BCUT2D eigenvalue weighted by atomic mass is 9.85. The van der Waals surface area contributed by atoms with Crippen molar-refractivity contribution in [3.63, 3.8) is 0 Å². The van der Waals surface area contributed by atoms with Gasteiger partial charge in [0, 0.05) is 25.1 Å². The zero-order valence-corrected chi connectivity index (χ0v) is 12.4. The molecule has 0 aromatic heterocycles. The highest BCUT2D eigenvalue weighted by molar-refractivity contribution is 6.36. The Morgan fingerprint density at radius 1 is 1.05 bits per heavy atom. The van der Waals surface area contributed by atoms with E-state index in [9.17, 15) is 19.2 Å². The quantitative estimate of drug-likeness (QED) is 0.477. The van der Waals surface area contributed by atoms with Crippen LogP contribution in [0.2, 0.25) is 0 Å². The second kappa shape index (κ2) is 5.85. The van der Waals surface area contributed by atoms with Gasteiger partial charge in [-0.25, -0.2) is 0 Å². The van der Waals surface area contributed by atoms with Crippen LogP contribution in [-0.4, -0.2) is 41.4 Å². The summed E-state index contributed by atoms with van der Waals surface area (Å²) in [6.07, 6.45) is 1.02. The predicted molar refractivity (Wildman–Crippen MR) is 79.7 cm³/mol. The monoisotopic (exact) mass is 298 g/mol. The number of Topliss-reactive ketones (excluding diaryl/α,β-unsaturated/α-hetero) is 4. The Balaban J connectivity index is 2.64. The van der Waals surface area contributed by atoms with E-state index in [4.69, 9.17) is 0 Å². The number of carbonyl (C=O) groups excluding carboxylic acids is 4. The molecule has 0 spiro atoms. The Bertz CT molecular complexity index is 759. The molecular weight excluding hydrogens is 284 g/mol. The topological polar surface area (TPSA) is 83.9 Å². The van der Waals surface area contributed by atoms with Crippen LogP contribution >= 0.6 is 0 Å². The van der Waals surface area contributed by atoms with Crippen LogP contribution in [0.5, 0.6) is 0 Å². The lowest BCUT2D eigenvalue weighted by Gasteiger charge is -2.24. The van der Waals surface area contributed by atoms with Gasteiger partial charge in [0.2, 0.25) is 5.78 Å². The average molecular weight is 298 g/mol. The van der Waals surface area contributed by atoms with Crippen molar-refractivity contribution < 1.29 is 19.2 Å². The summed E-state index contributed by atoms with van der Waals surface area (Å²) in [6.45, 7) is 2.53. The molecule has 0 saturated carbocycles. The van der Waals surface area contributed by atoms with Gasteiger partial charge < -0.3 is 0 Å². The van der Waals surface area contributed by atoms with E-state index in [1.807, 2.05) is 0 Å². The molecule has 1 aromatic carbocycles. The van der Waals surface area contributed by atoms with Crippen molar-refractivity contribution in [3.8, 4) is 0 Å². The highest BCUT2D eigenvalue weighted by Gasteiger charge is 2.36.